The molecule has 1 heterocycles. The molecule has 1 N–H and O–H groups in total. The van der Waals surface area contributed by atoms with Crippen molar-refractivity contribution in [3.05, 3.63) is 24.3 Å². The maximum Gasteiger partial charge on any atom is 0.243 e. The van der Waals surface area contributed by atoms with Gasteiger partial charge in [0.2, 0.25) is 10.0 Å². The zero-order valence-corrected chi connectivity index (χ0v) is 17.5. The first-order valence-corrected chi connectivity index (χ1v) is 11.6. The van der Waals surface area contributed by atoms with Gasteiger partial charge in [-0.25, -0.2) is 8.42 Å². The van der Waals surface area contributed by atoms with Gasteiger partial charge in [-0.3, -0.25) is 0 Å². The molecule has 1 aromatic carbocycles. The van der Waals surface area contributed by atoms with E-state index in [-0.39, 0.29) is 0 Å². The zero-order chi connectivity index (χ0) is 19.3. The molecule has 1 aromatic rings. The number of nitrogens with zero attached hydrogens (tertiary/aromatic N) is 2. The molecule has 0 radical (unpaired) electrons. The molecule has 1 aliphatic heterocycles. The number of ether oxygens (including phenoxy) is 1. The summed E-state index contributed by atoms with van der Waals surface area (Å²) in [5.41, 5.74) is 0. The lowest BCUT2D eigenvalue weighted by molar-refractivity contribution is 0.259. The van der Waals surface area contributed by atoms with Crippen molar-refractivity contribution in [1.29, 1.82) is 0 Å². The van der Waals surface area contributed by atoms with Gasteiger partial charge in [0.05, 0.1) is 11.5 Å². The Morgan fingerprint density at radius 2 is 1.74 bits per heavy atom. The molecular weight excluding hydrogens is 382 g/mol. The molecule has 1 saturated heterocycles. The minimum atomic E-state index is -3.48. The molecule has 0 spiro atoms. The van der Waals surface area contributed by atoms with Gasteiger partial charge in [-0.15, -0.1) is 0 Å². The molecule has 0 bridgehead atoms. The summed E-state index contributed by atoms with van der Waals surface area (Å²) in [6.45, 7) is 4.59. The molecule has 0 unspecified atom stereocenters. The second kappa shape index (κ2) is 9.21. The first-order valence-electron chi connectivity index (χ1n) is 9.79. The summed E-state index contributed by atoms with van der Waals surface area (Å²) < 4.78 is 32.7. The fraction of sp³-hybridized carbons (Fsp3) is 0.632. The molecule has 1 saturated carbocycles. The second-order valence-electron chi connectivity index (χ2n) is 7.08. The Labute approximate surface area is 167 Å². The summed E-state index contributed by atoms with van der Waals surface area (Å²) >= 11 is 5.55. The number of rotatable bonds is 5. The van der Waals surface area contributed by atoms with Crippen LogP contribution in [-0.2, 0) is 10.0 Å². The number of hydrogen-bond acceptors (Lipinski definition) is 4. The maximum atomic E-state index is 12.9. The average molecular weight is 412 g/mol. The van der Waals surface area contributed by atoms with Crippen molar-refractivity contribution >= 4 is 27.4 Å². The summed E-state index contributed by atoms with van der Waals surface area (Å²) in [7, 11) is -3.48. The van der Waals surface area contributed by atoms with E-state index in [1.54, 1.807) is 28.6 Å². The molecule has 1 aliphatic carbocycles. The Balaban J connectivity index is 1.55. The lowest BCUT2D eigenvalue weighted by atomic mass is 9.96. The number of thiocarbonyl (C=S) groups is 1. The smallest absolute Gasteiger partial charge is 0.243 e. The van der Waals surface area contributed by atoms with Gasteiger partial charge in [-0.2, -0.15) is 4.31 Å². The van der Waals surface area contributed by atoms with Crippen LogP contribution in [0.5, 0.6) is 5.75 Å². The Morgan fingerprint density at radius 1 is 1.11 bits per heavy atom. The van der Waals surface area contributed by atoms with E-state index in [1.165, 1.54) is 32.1 Å². The molecule has 0 amide bonds. The summed E-state index contributed by atoms with van der Waals surface area (Å²) in [5.74, 6) is 0.681. The summed E-state index contributed by atoms with van der Waals surface area (Å²) in [5, 5.41) is 4.23. The molecule has 6 nitrogen and oxygen atoms in total. The van der Waals surface area contributed by atoms with Crippen LogP contribution in [0.4, 0.5) is 0 Å². The number of piperazine rings is 1. The maximum absolute atomic E-state index is 12.9. The largest absolute Gasteiger partial charge is 0.494 e. The van der Waals surface area contributed by atoms with Crippen LogP contribution in [0.1, 0.15) is 39.0 Å². The molecular formula is C19H29N3O3S2. The standard InChI is InChI=1S/C19H29N3O3S2/c1-2-25-17-8-10-18(11-9-17)27(23,24)22-14-12-21(13-15-22)19(26)20-16-6-4-3-5-7-16/h8-11,16H,2-7,12-15H2,1H3,(H,20,26). The molecule has 2 aliphatic rings. The van der Waals surface area contributed by atoms with E-state index in [0.717, 1.165) is 5.11 Å². The number of benzene rings is 1. The number of sulfonamides is 1. The second-order valence-corrected chi connectivity index (χ2v) is 9.40. The van der Waals surface area contributed by atoms with Crippen LogP contribution in [-0.4, -0.2) is 61.6 Å². The minimum Gasteiger partial charge on any atom is -0.494 e. The van der Waals surface area contributed by atoms with Crippen LogP contribution in [0.25, 0.3) is 0 Å². The van der Waals surface area contributed by atoms with Crippen LogP contribution < -0.4 is 10.1 Å². The van der Waals surface area contributed by atoms with Crippen molar-refractivity contribution in [3.8, 4) is 5.75 Å². The minimum absolute atomic E-state index is 0.308. The quantitative estimate of drug-likeness (QED) is 0.752. The third kappa shape index (κ3) is 5.12. The van der Waals surface area contributed by atoms with Crippen LogP contribution >= 0.6 is 12.2 Å². The Morgan fingerprint density at radius 3 is 2.33 bits per heavy atom. The highest BCUT2D eigenvalue weighted by atomic mass is 32.2. The molecule has 2 fully saturated rings. The van der Waals surface area contributed by atoms with Gasteiger partial charge < -0.3 is 15.0 Å². The predicted molar refractivity (Wildman–Crippen MR) is 111 cm³/mol. The van der Waals surface area contributed by atoms with E-state index < -0.39 is 10.0 Å². The number of hydrogen-bond donors (Lipinski definition) is 1. The van der Waals surface area contributed by atoms with Gasteiger partial charge in [0, 0.05) is 32.2 Å². The third-order valence-corrected chi connectivity index (χ3v) is 7.52. The fourth-order valence-corrected chi connectivity index (χ4v) is 5.44. The van der Waals surface area contributed by atoms with Crippen molar-refractivity contribution in [3.63, 3.8) is 0 Å². The Bertz CT molecular complexity index is 723. The fourth-order valence-electron chi connectivity index (χ4n) is 3.67. The van der Waals surface area contributed by atoms with Crippen LogP contribution in [0, 0.1) is 0 Å². The lowest BCUT2D eigenvalue weighted by Gasteiger charge is -2.37. The Hall–Kier alpha value is -1.38. The highest BCUT2D eigenvalue weighted by Gasteiger charge is 2.29. The SMILES string of the molecule is CCOc1ccc(S(=O)(=O)N2CCN(C(=S)NC3CCCCC3)CC2)cc1. The highest BCUT2D eigenvalue weighted by molar-refractivity contribution is 7.89. The van der Waals surface area contributed by atoms with Crippen molar-refractivity contribution in [2.45, 2.75) is 50.0 Å². The van der Waals surface area contributed by atoms with Crippen LogP contribution in [0.3, 0.4) is 0 Å². The van der Waals surface area contributed by atoms with Gasteiger partial charge in [0.1, 0.15) is 5.75 Å². The first-order chi connectivity index (χ1) is 13.0. The van der Waals surface area contributed by atoms with Crippen molar-refractivity contribution in [2.75, 3.05) is 32.8 Å². The molecule has 0 atom stereocenters. The molecule has 150 valence electrons. The topological polar surface area (TPSA) is 61.9 Å². The summed E-state index contributed by atoms with van der Waals surface area (Å²) in [6.07, 6.45) is 6.17. The zero-order valence-electron chi connectivity index (χ0n) is 15.9. The van der Waals surface area contributed by atoms with Crippen LogP contribution in [0.2, 0.25) is 0 Å². The lowest BCUT2D eigenvalue weighted by Crippen LogP contribution is -2.54. The predicted octanol–water partition coefficient (Wildman–Crippen LogP) is 2.60. The third-order valence-electron chi connectivity index (χ3n) is 5.23. The average Bonchev–Trinajstić information content (AvgIpc) is 2.69. The molecule has 3 rings (SSSR count). The Kier molecular flexibility index (Phi) is 6.94. The molecule has 8 heteroatoms. The van der Waals surface area contributed by atoms with Gasteiger partial charge in [-0.05, 0) is 56.2 Å². The van der Waals surface area contributed by atoms with Gasteiger partial charge in [0.15, 0.2) is 5.11 Å². The molecule has 27 heavy (non-hydrogen) atoms. The van der Waals surface area contributed by atoms with E-state index in [0.29, 0.717) is 49.5 Å². The van der Waals surface area contributed by atoms with Crippen molar-refractivity contribution < 1.29 is 13.2 Å². The van der Waals surface area contributed by atoms with E-state index in [9.17, 15) is 8.42 Å². The van der Waals surface area contributed by atoms with Gasteiger partial charge in [0.25, 0.3) is 0 Å². The summed E-state index contributed by atoms with van der Waals surface area (Å²) in [4.78, 5) is 2.40. The highest BCUT2D eigenvalue weighted by Crippen LogP contribution is 2.21. The van der Waals surface area contributed by atoms with Crippen LogP contribution in [0.15, 0.2) is 29.2 Å². The number of nitrogens with one attached hydrogen (secondary N) is 1. The van der Waals surface area contributed by atoms with Crippen molar-refractivity contribution in [1.82, 2.24) is 14.5 Å². The van der Waals surface area contributed by atoms with Gasteiger partial charge in [-0.1, -0.05) is 19.3 Å². The van der Waals surface area contributed by atoms with E-state index in [4.69, 9.17) is 17.0 Å². The van der Waals surface area contributed by atoms with E-state index in [1.807, 2.05) is 6.92 Å². The first kappa shape index (κ1) is 20.4. The normalized spacial score (nSPS) is 19.7. The van der Waals surface area contributed by atoms with E-state index >= 15 is 0 Å². The van der Waals surface area contributed by atoms with Gasteiger partial charge >= 0.3 is 0 Å². The van der Waals surface area contributed by atoms with Crippen molar-refractivity contribution in [2.24, 2.45) is 0 Å². The monoisotopic (exact) mass is 411 g/mol. The van der Waals surface area contributed by atoms with E-state index in [2.05, 4.69) is 10.2 Å². The summed E-state index contributed by atoms with van der Waals surface area (Å²) in [6, 6.07) is 7.10. The molecule has 0 aromatic heterocycles.